The first-order valence-electron chi connectivity index (χ1n) is 7.55. The molecule has 1 aliphatic rings. The second-order valence-corrected chi connectivity index (χ2v) is 5.67. The van der Waals surface area contributed by atoms with Gasteiger partial charge in [-0.05, 0) is 26.7 Å². The molecule has 2 rings (SSSR count). The molecular formula is C15H26N4O. The van der Waals surface area contributed by atoms with Crippen LogP contribution < -0.4 is 10.2 Å². The number of nitrogens with one attached hydrogen (secondary N) is 1. The minimum atomic E-state index is -0.249. The van der Waals surface area contributed by atoms with Gasteiger partial charge < -0.3 is 15.3 Å². The third-order valence-electron chi connectivity index (χ3n) is 4.08. The fourth-order valence-corrected chi connectivity index (χ4v) is 2.81. The van der Waals surface area contributed by atoms with Gasteiger partial charge in [0.1, 0.15) is 17.5 Å². The maximum Gasteiger partial charge on any atom is 0.137 e. The summed E-state index contributed by atoms with van der Waals surface area (Å²) in [6.07, 6.45) is 2.72. The molecule has 0 radical (unpaired) electrons. The van der Waals surface area contributed by atoms with Crippen molar-refractivity contribution in [2.24, 2.45) is 5.92 Å². The molecular weight excluding hydrogens is 252 g/mol. The van der Waals surface area contributed by atoms with Crippen LogP contribution >= 0.6 is 0 Å². The zero-order chi connectivity index (χ0) is 14.7. The van der Waals surface area contributed by atoms with Crippen molar-refractivity contribution in [1.29, 1.82) is 0 Å². The molecule has 0 amide bonds. The second kappa shape index (κ2) is 6.39. The Morgan fingerprint density at radius 3 is 2.75 bits per heavy atom. The smallest absolute Gasteiger partial charge is 0.137 e. The Morgan fingerprint density at radius 1 is 1.45 bits per heavy atom. The monoisotopic (exact) mass is 278 g/mol. The fourth-order valence-electron chi connectivity index (χ4n) is 2.81. The van der Waals surface area contributed by atoms with Gasteiger partial charge in [-0.1, -0.05) is 6.92 Å². The van der Waals surface area contributed by atoms with Crippen LogP contribution in [0.5, 0.6) is 0 Å². The maximum absolute atomic E-state index is 9.75. The number of hydrogen-bond acceptors (Lipinski definition) is 5. The highest BCUT2D eigenvalue weighted by Gasteiger charge is 2.28. The lowest BCUT2D eigenvalue weighted by Gasteiger charge is -2.22. The van der Waals surface area contributed by atoms with Crippen LogP contribution in [-0.4, -0.2) is 41.3 Å². The third kappa shape index (κ3) is 3.03. The molecule has 0 spiro atoms. The van der Waals surface area contributed by atoms with E-state index in [1.54, 1.807) is 0 Å². The molecule has 112 valence electrons. The van der Waals surface area contributed by atoms with Crippen molar-refractivity contribution in [3.05, 3.63) is 11.4 Å². The average Bonchev–Trinajstić information content (AvgIpc) is 2.90. The van der Waals surface area contributed by atoms with Crippen molar-refractivity contribution >= 4 is 11.6 Å². The van der Waals surface area contributed by atoms with E-state index >= 15 is 0 Å². The van der Waals surface area contributed by atoms with Gasteiger partial charge in [-0.15, -0.1) is 0 Å². The predicted molar refractivity (Wildman–Crippen MR) is 82.3 cm³/mol. The highest BCUT2D eigenvalue weighted by atomic mass is 16.3. The van der Waals surface area contributed by atoms with Crippen LogP contribution in [0.2, 0.25) is 0 Å². The van der Waals surface area contributed by atoms with E-state index in [1.165, 1.54) is 0 Å². The molecule has 2 atom stereocenters. The number of aliphatic hydroxyl groups excluding tert-OH is 1. The molecule has 0 aliphatic carbocycles. The molecule has 1 saturated heterocycles. The minimum Gasteiger partial charge on any atom is -0.393 e. The summed E-state index contributed by atoms with van der Waals surface area (Å²) in [6, 6.07) is 0. The van der Waals surface area contributed by atoms with E-state index in [-0.39, 0.29) is 6.10 Å². The summed E-state index contributed by atoms with van der Waals surface area (Å²) in [4.78, 5) is 11.6. The van der Waals surface area contributed by atoms with E-state index in [9.17, 15) is 5.11 Å². The Labute approximate surface area is 121 Å². The average molecular weight is 278 g/mol. The molecule has 0 saturated carbocycles. The number of rotatable bonds is 5. The van der Waals surface area contributed by atoms with Crippen molar-refractivity contribution in [3.8, 4) is 0 Å². The van der Waals surface area contributed by atoms with E-state index in [4.69, 9.17) is 4.98 Å². The maximum atomic E-state index is 9.75. The Bertz CT molecular complexity index is 461. The molecule has 1 aromatic heterocycles. The highest BCUT2D eigenvalue weighted by molar-refractivity contribution is 5.59. The molecule has 0 bridgehead atoms. The van der Waals surface area contributed by atoms with Crippen molar-refractivity contribution in [1.82, 2.24) is 9.97 Å². The van der Waals surface area contributed by atoms with Crippen LogP contribution in [0.1, 0.15) is 38.1 Å². The highest BCUT2D eigenvalue weighted by Crippen LogP contribution is 2.29. The molecule has 1 fully saturated rings. The Hall–Kier alpha value is -1.36. The van der Waals surface area contributed by atoms with Gasteiger partial charge in [0.15, 0.2) is 0 Å². The summed E-state index contributed by atoms with van der Waals surface area (Å²) in [6.45, 7) is 7.92. The van der Waals surface area contributed by atoms with Crippen LogP contribution in [-0.2, 0) is 6.42 Å². The van der Waals surface area contributed by atoms with Gasteiger partial charge in [-0.3, -0.25) is 0 Å². The van der Waals surface area contributed by atoms with Gasteiger partial charge in [0, 0.05) is 38.0 Å². The molecule has 1 aromatic rings. The van der Waals surface area contributed by atoms with Gasteiger partial charge >= 0.3 is 0 Å². The Kier molecular flexibility index (Phi) is 4.81. The molecule has 5 heteroatoms. The van der Waals surface area contributed by atoms with Crippen LogP contribution in [0, 0.1) is 12.8 Å². The number of aromatic nitrogens is 2. The largest absolute Gasteiger partial charge is 0.393 e. The van der Waals surface area contributed by atoms with E-state index in [0.29, 0.717) is 5.92 Å². The zero-order valence-electron chi connectivity index (χ0n) is 13.0. The summed E-state index contributed by atoms with van der Waals surface area (Å²) < 4.78 is 0. The van der Waals surface area contributed by atoms with Crippen molar-refractivity contribution < 1.29 is 5.11 Å². The Balaban J connectivity index is 2.28. The normalized spacial score (nSPS) is 20.2. The van der Waals surface area contributed by atoms with E-state index in [2.05, 4.69) is 29.0 Å². The summed E-state index contributed by atoms with van der Waals surface area (Å²) in [5, 5.41) is 12.9. The van der Waals surface area contributed by atoms with Crippen LogP contribution in [0.25, 0.3) is 0 Å². The molecule has 2 heterocycles. The summed E-state index contributed by atoms with van der Waals surface area (Å²) in [5.74, 6) is 3.19. The van der Waals surface area contributed by atoms with Gasteiger partial charge in [-0.2, -0.15) is 0 Å². The summed E-state index contributed by atoms with van der Waals surface area (Å²) >= 11 is 0. The van der Waals surface area contributed by atoms with Gasteiger partial charge in [0.05, 0.1) is 6.10 Å². The molecule has 2 unspecified atom stereocenters. The van der Waals surface area contributed by atoms with E-state index in [0.717, 1.165) is 55.4 Å². The first kappa shape index (κ1) is 15.0. The standard InChI is InChI=1S/C15H26N4O/c1-5-6-13-17-14(16-4)10(2)15(18-13)19-8-7-12(9-19)11(3)20/h11-12,20H,5-9H2,1-4H3,(H,16,17,18). The first-order chi connectivity index (χ1) is 9.56. The minimum absolute atomic E-state index is 0.249. The fraction of sp³-hybridized carbons (Fsp3) is 0.733. The lowest BCUT2D eigenvalue weighted by molar-refractivity contribution is 0.136. The van der Waals surface area contributed by atoms with Crippen LogP contribution in [0.15, 0.2) is 0 Å². The molecule has 2 N–H and O–H groups in total. The van der Waals surface area contributed by atoms with Crippen molar-refractivity contribution in [2.45, 2.75) is 46.1 Å². The first-order valence-corrected chi connectivity index (χ1v) is 7.55. The number of aryl methyl sites for hydroxylation is 1. The molecule has 5 nitrogen and oxygen atoms in total. The summed E-state index contributed by atoms with van der Waals surface area (Å²) in [5.41, 5.74) is 1.10. The lowest BCUT2D eigenvalue weighted by atomic mass is 10.0. The topological polar surface area (TPSA) is 61.3 Å². The Morgan fingerprint density at radius 2 is 2.20 bits per heavy atom. The van der Waals surface area contributed by atoms with Crippen LogP contribution in [0.3, 0.4) is 0 Å². The summed E-state index contributed by atoms with van der Waals surface area (Å²) in [7, 11) is 1.90. The van der Waals surface area contributed by atoms with E-state index in [1.807, 2.05) is 14.0 Å². The molecule has 20 heavy (non-hydrogen) atoms. The number of anilines is 2. The zero-order valence-corrected chi connectivity index (χ0v) is 13.0. The van der Waals surface area contributed by atoms with Crippen LogP contribution in [0.4, 0.5) is 11.6 Å². The van der Waals surface area contributed by atoms with Crippen molar-refractivity contribution in [3.63, 3.8) is 0 Å². The number of nitrogens with zero attached hydrogens (tertiary/aromatic N) is 3. The van der Waals surface area contributed by atoms with Gasteiger partial charge in [0.25, 0.3) is 0 Å². The van der Waals surface area contributed by atoms with E-state index < -0.39 is 0 Å². The molecule has 0 aromatic carbocycles. The quantitative estimate of drug-likeness (QED) is 0.862. The number of aliphatic hydroxyl groups is 1. The van der Waals surface area contributed by atoms with Gasteiger partial charge in [-0.25, -0.2) is 9.97 Å². The van der Waals surface area contributed by atoms with Gasteiger partial charge in [0.2, 0.25) is 0 Å². The number of hydrogen-bond donors (Lipinski definition) is 2. The second-order valence-electron chi connectivity index (χ2n) is 5.67. The SMILES string of the molecule is CCCc1nc(NC)c(C)c(N2CCC(C(C)O)C2)n1. The third-order valence-corrected chi connectivity index (χ3v) is 4.08. The predicted octanol–water partition coefficient (Wildman–Crippen LogP) is 1.99. The van der Waals surface area contributed by atoms with Crippen molar-refractivity contribution in [2.75, 3.05) is 30.4 Å². The lowest BCUT2D eigenvalue weighted by Crippen LogP contribution is -2.26. The molecule has 1 aliphatic heterocycles.